The van der Waals surface area contributed by atoms with Crippen molar-refractivity contribution in [2.45, 2.75) is 63.4 Å². The van der Waals surface area contributed by atoms with Crippen LogP contribution in [0.4, 0.5) is 0 Å². The van der Waals surface area contributed by atoms with Gasteiger partial charge in [-0.15, -0.1) is 0 Å². The first-order valence-electron chi connectivity index (χ1n) is 8.08. The van der Waals surface area contributed by atoms with Crippen LogP contribution in [0.15, 0.2) is 24.3 Å². The molecule has 1 heterocycles. The molecule has 2 nitrogen and oxygen atoms in total. The second-order valence-electron chi connectivity index (χ2n) is 6.22. The molecule has 2 fully saturated rings. The van der Waals surface area contributed by atoms with Crippen LogP contribution >= 0.6 is 0 Å². The molecule has 0 amide bonds. The number of carbonyl (C=O) groups excluding carboxylic acids is 1. The molecule has 1 saturated carbocycles. The Hall–Kier alpha value is -1.15. The summed E-state index contributed by atoms with van der Waals surface area (Å²) in [6, 6.07) is 8.36. The lowest BCUT2D eigenvalue weighted by molar-refractivity contribution is 0.0775. The van der Waals surface area contributed by atoms with Gasteiger partial charge in [-0.2, -0.15) is 0 Å². The van der Waals surface area contributed by atoms with Gasteiger partial charge in [-0.25, -0.2) is 0 Å². The molecule has 2 heteroatoms. The Morgan fingerprint density at radius 2 is 1.75 bits per heavy atom. The molecule has 1 aliphatic heterocycles. The first-order valence-corrected chi connectivity index (χ1v) is 8.08. The van der Waals surface area contributed by atoms with Crippen molar-refractivity contribution in [3.05, 3.63) is 35.4 Å². The Morgan fingerprint density at radius 1 is 1.00 bits per heavy atom. The molecule has 108 valence electrons. The summed E-state index contributed by atoms with van der Waals surface area (Å²) in [6.45, 7) is 0.818. The summed E-state index contributed by atoms with van der Waals surface area (Å²) in [6.07, 6.45) is 9.53. The topological polar surface area (TPSA) is 26.3 Å². The predicted octanol–water partition coefficient (Wildman–Crippen LogP) is 4.49. The van der Waals surface area contributed by atoms with Crippen molar-refractivity contribution in [2.75, 3.05) is 6.61 Å². The van der Waals surface area contributed by atoms with Gasteiger partial charge in [0.2, 0.25) is 0 Å². The highest BCUT2D eigenvalue weighted by atomic mass is 16.5. The zero-order valence-electron chi connectivity index (χ0n) is 12.1. The molecule has 0 radical (unpaired) electrons. The molecule has 20 heavy (non-hydrogen) atoms. The first kappa shape index (κ1) is 13.8. The van der Waals surface area contributed by atoms with E-state index in [1.807, 2.05) is 12.1 Å². The van der Waals surface area contributed by atoms with Gasteiger partial charge in [-0.3, -0.25) is 4.79 Å². The lowest BCUT2D eigenvalue weighted by atomic mass is 9.84. The third kappa shape index (κ3) is 3.29. The Bertz CT molecular complexity index is 437. The fourth-order valence-corrected chi connectivity index (χ4v) is 3.51. The van der Waals surface area contributed by atoms with Crippen LogP contribution < -0.4 is 0 Å². The van der Waals surface area contributed by atoms with E-state index in [0.717, 1.165) is 25.0 Å². The number of hydrogen-bond acceptors (Lipinski definition) is 2. The Kier molecular flexibility index (Phi) is 4.51. The fourth-order valence-electron chi connectivity index (χ4n) is 3.51. The Morgan fingerprint density at radius 3 is 2.40 bits per heavy atom. The number of Topliss-reactive ketones (excluding diaryl/α,β-unsaturated/α-hetero) is 1. The van der Waals surface area contributed by atoms with Crippen LogP contribution in [0, 0.1) is 0 Å². The molecule has 1 aromatic rings. The van der Waals surface area contributed by atoms with E-state index in [1.165, 1.54) is 37.7 Å². The zero-order chi connectivity index (χ0) is 13.8. The largest absolute Gasteiger partial charge is 0.378 e. The van der Waals surface area contributed by atoms with Crippen molar-refractivity contribution in [1.29, 1.82) is 0 Å². The highest BCUT2D eigenvalue weighted by Crippen LogP contribution is 2.32. The third-order valence-electron chi connectivity index (χ3n) is 4.75. The highest BCUT2D eigenvalue weighted by Gasteiger charge is 2.20. The van der Waals surface area contributed by atoms with Crippen molar-refractivity contribution < 1.29 is 9.53 Å². The average Bonchev–Trinajstić information content (AvgIpc) is 3.01. The van der Waals surface area contributed by atoms with Gasteiger partial charge in [0.25, 0.3) is 0 Å². The average molecular weight is 272 g/mol. The maximum atomic E-state index is 12.2. The summed E-state index contributed by atoms with van der Waals surface area (Å²) < 4.78 is 5.54. The number of benzene rings is 1. The lowest BCUT2D eigenvalue weighted by Crippen LogP contribution is -2.12. The van der Waals surface area contributed by atoms with Gasteiger partial charge in [-0.1, -0.05) is 43.5 Å². The quantitative estimate of drug-likeness (QED) is 0.755. The van der Waals surface area contributed by atoms with E-state index < -0.39 is 0 Å². The molecule has 1 atom stereocenters. The molecule has 0 aromatic heterocycles. The summed E-state index contributed by atoms with van der Waals surface area (Å²) in [7, 11) is 0. The summed E-state index contributed by atoms with van der Waals surface area (Å²) in [5.74, 6) is 0.943. The molecule has 1 aromatic carbocycles. The molecular weight excluding hydrogens is 248 g/mol. The Labute approximate surface area is 121 Å². The van der Waals surface area contributed by atoms with Gasteiger partial charge in [-0.05, 0) is 37.2 Å². The molecule has 0 N–H and O–H groups in total. The van der Waals surface area contributed by atoms with Gasteiger partial charge >= 0.3 is 0 Å². The summed E-state index contributed by atoms with van der Waals surface area (Å²) in [5, 5.41) is 0. The van der Waals surface area contributed by atoms with Crippen LogP contribution in [-0.2, 0) is 4.74 Å². The van der Waals surface area contributed by atoms with Gasteiger partial charge in [0.1, 0.15) is 0 Å². The molecule has 0 spiro atoms. The number of carbonyl (C=O) groups is 1. The van der Waals surface area contributed by atoms with Crippen LogP contribution in [0.5, 0.6) is 0 Å². The van der Waals surface area contributed by atoms with Gasteiger partial charge in [0, 0.05) is 18.6 Å². The molecule has 1 saturated heterocycles. The maximum Gasteiger partial charge on any atom is 0.165 e. The Balaban J connectivity index is 1.61. The van der Waals surface area contributed by atoms with Crippen molar-refractivity contribution in [3.63, 3.8) is 0 Å². The van der Waals surface area contributed by atoms with Crippen molar-refractivity contribution in [2.24, 2.45) is 0 Å². The number of rotatable bonds is 4. The summed E-state index contributed by atoms with van der Waals surface area (Å²) in [5.41, 5.74) is 2.26. The van der Waals surface area contributed by atoms with E-state index in [1.54, 1.807) is 0 Å². The minimum absolute atomic E-state index is 0.153. The predicted molar refractivity (Wildman–Crippen MR) is 80.2 cm³/mol. The first-order chi connectivity index (χ1) is 9.83. The summed E-state index contributed by atoms with van der Waals surface area (Å²) >= 11 is 0. The van der Waals surface area contributed by atoms with Crippen LogP contribution in [0.2, 0.25) is 0 Å². The lowest BCUT2D eigenvalue weighted by Gasteiger charge is -2.22. The normalized spacial score (nSPS) is 23.9. The van der Waals surface area contributed by atoms with E-state index in [0.29, 0.717) is 12.3 Å². The van der Waals surface area contributed by atoms with Gasteiger partial charge in [0.05, 0.1) is 6.10 Å². The number of ketones is 1. The third-order valence-corrected chi connectivity index (χ3v) is 4.75. The second kappa shape index (κ2) is 6.53. The van der Waals surface area contributed by atoms with E-state index >= 15 is 0 Å². The van der Waals surface area contributed by atoms with E-state index in [-0.39, 0.29) is 11.9 Å². The summed E-state index contributed by atoms with van der Waals surface area (Å²) in [4.78, 5) is 12.2. The molecule has 1 unspecified atom stereocenters. The second-order valence-corrected chi connectivity index (χ2v) is 6.22. The van der Waals surface area contributed by atoms with E-state index in [4.69, 9.17) is 4.74 Å². The number of ether oxygens (including phenoxy) is 1. The van der Waals surface area contributed by atoms with Crippen LogP contribution in [0.1, 0.15) is 73.2 Å². The van der Waals surface area contributed by atoms with Crippen LogP contribution in [0.3, 0.4) is 0 Å². The maximum absolute atomic E-state index is 12.2. The number of hydrogen-bond donors (Lipinski definition) is 0. The highest BCUT2D eigenvalue weighted by molar-refractivity contribution is 5.96. The van der Waals surface area contributed by atoms with E-state index in [2.05, 4.69) is 12.1 Å². The molecule has 3 rings (SSSR count). The zero-order valence-corrected chi connectivity index (χ0v) is 12.1. The fraction of sp³-hybridized carbons (Fsp3) is 0.611. The minimum Gasteiger partial charge on any atom is -0.378 e. The van der Waals surface area contributed by atoms with Crippen LogP contribution in [-0.4, -0.2) is 18.5 Å². The monoisotopic (exact) mass is 272 g/mol. The van der Waals surface area contributed by atoms with Gasteiger partial charge < -0.3 is 4.74 Å². The standard InChI is InChI=1S/C18H24O2/c19-18(13-17-7-4-12-20-17)16-10-8-15(9-11-16)14-5-2-1-3-6-14/h8-11,14,17H,1-7,12-13H2. The molecule has 1 aliphatic carbocycles. The van der Waals surface area contributed by atoms with E-state index in [9.17, 15) is 4.79 Å². The van der Waals surface area contributed by atoms with Gasteiger partial charge in [0.15, 0.2) is 5.78 Å². The van der Waals surface area contributed by atoms with Crippen molar-refractivity contribution in [1.82, 2.24) is 0 Å². The molecular formula is C18H24O2. The van der Waals surface area contributed by atoms with Crippen molar-refractivity contribution in [3.8, 4) is 0 Å². The van der Waals surface area contributed by atoms with Crippen LogP contribution in [0.25, 0.3) is 0 Å². The minimum atomic E-state index is 0.153. The van der Waals surface area contributed by atoms with Crippen molar-refractivity contribution >= 4 is 5.78 Å². The smallest absolute Gasteiger partial charge is 0.165 e. The molecule has 2 aliphatic rings. The SMILES string of the molecule is O=C(CC1CCCO1)c1ccc(C2CCCCC2)cc1. The molecule has 0 bridgehead atoms.